The molecule has 1 saturated carbocycles. The highest BCUT2D eigenvalue weighted by molar-refractivity contribution is 5.85. The molecule has 1 fully saturated rings. The summed E-state index contributed by atoms with van der Waals surface area (Å²) in [6.45, 7) is -0.104. The van der Waals surface area contributed by atoms with Crippen molar-refractivity contribution in [3.8, 4) is 0 Å². The van der Waals surface area contributed by atoms with Crippen LogP contribution in [0.2, 0.25) is 0 Å². The molecule has 3 nitrogen and oxygen atoms in total. The lowest BCUT2D eigenvalue weighted by atomic mass is 10.0. The Bertz CT molecular complexity index is 891. The SMILES string of the molecule is O=C(N[C@@H](CO)c1ccc2ccccc2c1)[C@@H]1C[C@H]1c1ccccc1. The third-order valence-electron chi connectivity index (χ3n) is 5.03. The van der Waals surface area contributed by atoms with Crippen molar-refractivity contribution in [1.82, 2.24) is 5.32 Å². The molecule has 1 aliphatic rings. The Balaban J connectivity index is 1.47. The number of carbonyl (C=O) groups is 1. The fourth-order valence-corrected chi connectivity index (χ4v) is 3.49. The summed E-state index contributed by atoms with van der Waals surface area (Å²) in [6.07, 6.45) is 0.881. The minimum Gasteiger partial charge on any atom is -0.394 e. The molecule has 3 atom stereocenters. The van der Waals surface area contributed by atoms with E-state index in [1.165, 1.54) is 5.56 Å². The summed E-state index contributed by atoms with van der Waals surface area (Å²) < 4.78 is 0. The van der Waals surface area contributed by atoms with Crippen molar-refractivity contribution in [3.63, 3.8) is 0 Å². The number of fused-ring (bicyclic) bond motifs is 1. The van der Waals surface area contributed by atoms with Crippen molar-refractivity contribution in [1.29, 1.82) is 0 Å². The number of rotatable bonds is 5. The van der Waals surface area contributed by atoms with Gasteiger partial charge in [0.05, 0.1) is 12.6 Å². The van der Waals surface area contributed by atoms with Crippen LogP contribution in [0.1, 0.15) is 29.5 Å². The molecule has 1 aliphatic carbocycles. The highest BCUT2D eigenvalue weighted by Crippen LogP contribution is 2.47. The van der Waals surface area contributed by atoms with Crippen LogP contribution in [-0.2, 0) is 4.79 Å². The van der Waals surface area contributed by atoms with Crippen LogP contribution in [0.25, 0.3) is 10.8 Å². The van der Waals surface area contributed by atoms with Crippen molar-refractivity contribution in [2.45, 2.75) is 18.4 Å². The Hall–Kier alpha value is -2.65. The second-order valence-corrected chi connectivity index (χ2v) is 6.71. The Labute approximate surface area is 147 Å². The third-order valence-corrected chi connectivity index (χ3v) is 5.03. The van der Waals surface area contributed by atoms with Crippen molar-refractivity contribution in [2.75, 3.05) is 6.61 Å². The normalized spacial score (nSPS) is 20.2. The zero-order valence-electron chi connectivity index (χ0n) is 13.9. The van der Waals surface area contributed by atoms with Gasteiger partial charge in [0.1, 0.15) is 0 Å². The zero-order chi connectivity index (χ0) is 17.2. The predicted octanol–water partition coefficient (Wildman–Crippen LogP) is 3.79. The van der Waals surface area contributed by atoms with Gasteiger partial charge in [0.2, 0.25) is 5.91 Å². The van der Waals surface area contributed by atoms with Gasteiger partial charge < -0.3 is 10.4 Å². The molecule has 0 radical (unpaired) electrons. The molecule has 0 bridgehead atoms. The third kappa shape index (κ3) is 3.28. The molecule has 0 aromatic heterocycles. The molecule has 126 valence electrons. The molecule has 3 aromatic carbocycles. The van der Waals surface area contributed by atoms with Gasteiger partial charge in [-0.1, -0.05) is 66.7 Å². The number of aliphatic hydroxyl groups excluding tert-OH is 1. The molecular formula is C22H21NO2. The molecule has 0 heterocycles. The largest absolute Gasteiger partial charge is 0.394 e. The van der Waals surface area contributed by atoms with E-state index in [9.17, 15) is 9.90 Å². The lowest BCUT2D eigenvalue weighted by molar-refractivity contribution is -0.123. The highest BCUT2D eigenvalue weighted by atomic mass is 16.3. The summed E-state index contributed by atoms with van der Waals surface area (Å²) in [5, 5.41) is 15.1. The minimum atomic E-state index is -0.367. The maximum atomic E-state index is 12.6. The maximum Gasteiger partial charge on any atom is 0.224 e. The van der Waals surface area contributed by atoms with E-state index in [4.69, 9.17) is 0 Å². The fourth-order valence-electron chi connectivity index (χ4n) is 3.49. The second-order valence-electron chi connectivity index (χ2n) is 6.71. The summed E-state index contributed by atoms with van der Waals surface area (Å²) in [6, 6.07) is 23.9. The van der Waals surface area contributed by atoms with Crippen LogP contribution in [0.5, 0.6) is 0 Å². The topological polar surface area (TPSA) is 49.3 Å². The Morgan fingerprint density at radius 1 is 1.00 bits per heavy atom. The summed E-state index contributed by atoms with van der Waals surface area (Å²) >= 11 is 0. The lowest BCUT2D eigenvalue weighted by Crippen LogP contribution is -2.32. The quantitative estimate of drug-likeness (QED) is 0.747. The van der Waals surface area contributed by atoms with Gasteiger partial charge in [-0.15, -0.1) is 0 Å². The van der Waals surface area contributed by atoms with E-state index in [1.807, 2.05) is 54.6 Å². The Kier molecular flexibility index (Phi) is 4.24. The number of amides is 1. The number of benzene rings is 3. The van der Waals surface area contributed by atoms with Crippen LogP contribution in [0, 0.1) is 5.92 Å². The molecule has 4 rings (SSSR count). The van der Waals surface area contributed by atoms with Crippen molar-refractivity contribution >= 4 is 16.7 Å². The van der Waals surface area contributed by atoms with Crippen LogP contribution in [0.4, 0.5) is 0 Å². The van der Waals surface area contributed by atoms with Crippen LogP contribution in [-0.4, -0.2) is 17.6 Å². The van der Waals surface area contributed by atoms with Gasteiger partial charge in [-0.25, -0.2) is 0 Å². The van der Waals surface area contributed by atoms with E-state index < -0.39 is 0 Å². The maximum absolute atomic E-state index is 12.6. The molecule has 3 aromatic rings. The standard InChI is InChI=1S/C22H21NO2/c24-14-21(18-11-10-15-6-4-5-9-17(15)12-18)23-22(25)20-13-19(20)16-7-2-1-3-8-16/h1-12,19-21,24H,13-14H2,(H,23,25)/t19-,20+,21-/m0/s1. The van der Waals surface area contributed by atoms with Crippen LogP contribution in [0.15, 0.2) is 72.8 Å². The molecule has 3 heteroatoms. The summed E-state index contributed by atoms with van der Waals surface area (Å²) in [5.74, 6) is 0.343. The molecule has 1 amide bonds. The van der Waals surface area contributed by atoms with Crippen molar-refractivity contribution < 1.29 is 9.90 Å². The van der Waals surface area contributed by atoms with E-state index in [2.05, 4.69) is 23.5 Å². The van der Waals surface area contributed by atoms with E-state index >= 15 is 0 Å². The van der Waals surface area contributed by atoms with E-state index in [0.717, 1.165) is 22.8 Å². The van der Waals surface area contributed by atoms with Gasteiger partial charge in [0.15, 0.2) is 0 Å². The number of nitrogens with one attached hydrogen (secondary N) is 1. The average molecular weight is 331 g/mol. The first kappa shape index (κ1) is 15.9. The van der Waals surface area contributed by atoms with E-state index in [1.54, 1.807) is 0 Å². The first-order chi connectivity index (χ1) is 12.3. The monoisotopic (exact) mass is 331 g/mol. The minimum absolute atomic E-state index is 0.0110. The van der Waals surface area contributed by atoms with Gasteiger partial charge in [-0.3, -0.25) is 4.79 Å². The van der Waals surface area contributed by atoms with Gasteiger partial charge in [-0.2, -0.15) is 0 Å². The fraction of sp³-hybridized carbons (Fsp3) is 0.227. The summed E-state index contributed by atoms with van der Waals surface area (Å²) in [5.41, 5.74) is 2.15. The molecule has 0 aliphatic heterocycles. The van der Waals surface area contributed by atoms with E-state index in [0.29, 0.717) is 5.92 Å². The smallest absolute Gasteiger partial charge is 0.224 e. The first-order valence-corrected chi connectivity index (χ1v) is 8.71. The van der Waals surface area contributed by atoms with Gasteiger partial charge in [0.25, 0.3) is 0 Å². The molecular weight excluding hydrogens is 310 g/mol. The molecule has 2 N–H and O–H groups in total. The number of aliphatic hydroxyl groups is 1. The zero-order valence-corrected chi connectivity index (χ0v) is 13.9. The highest BCUT2D eigenvalue weighted by Gasteiger charge is 2.44. The molecule has 0 saturated heterocycles. The van der Waals surface area contributed by atoms with Gasteiger partial charge in [-0.05, 0) is 40.3 Å². The van der Waals surface area contributed by atoms with Crippen molar-refractivity contribution in [2.24, 2.45) is 5.92 Å². The molecule has 0 unspecified atom stereocenters. The van der Waals surface area contributed by atoms with Gasteiger partial charge in [0, 0.05) is 5.92 Å². The second kappa shape index (κ2) is 6.69. The van der Waals surface area contributed by atoms with Crippen LogP contribution < -0.4 is 5.32 Å². The van der Waals surface area contributed by atoms with Crippen LogP contribution >= 0.6 is 0 Å². The lowest BCUT2D eigenvalue weighted by Gasteiger charge is -2.17. The first-order valence-electron chi connectivity index (χ1n) is 8.71. The van der Waals surface area contributed by atoms with E-state index in [-0.39, 0.29) is 24.5 Å². The number of hydrogen-bond acceptors (Lipinski definition) is 2. The average Bonchev–Trinajstić information content (AvgIpc) is 3.47. The van der Waals surface area contributed by atoms with Gasteiger partial charge >= 0.3 is 0 Å². The molecule has 0 spiro atoms. The van der Waals surface area contributed by atoms with Crippen molar-refractivity contribution in [3.05, 3.63) is 83.9 Å². The predicted molar refractivity (Wildman–Crippen MR) is 99.2 cm³/mol. The Morgan fingerprint density at radius 2 is 1.72 bits per heavy atom. The number of hydrogen-bond donors (Lipinski definition) is 2. The van der Waals surface area contributed by atoms with Crippen LogP contribution in [0.3, 0.4) is 0 Å². The number of carbonyl (C=O) groups excluding carboxylic acids is 1. The molecule has 25 heavy (non-hydrogen) atoms. The summed E-state index contributed by atoms with van der Waals surface area (Å²) in [7, 11) is 0. The summed E-state index contributed by atoms with van der Waals surface area (Å²) in [4.78, 5) is 12.6. The Morgan fingerprint density at radius 3 is 2.48 bits per heavy atom.